The van der Waals surface area contributed by atoms with Crippen LogP contribution in [0.3, 0.4) is 0 Å². The zero-order valence-electron chi connectivity index (χ0n) is 10.7. The molecule has 0 saturated heterocycles. The lowest BCUT2D eigenvalue weighted by atomic mass is 10.2. The third kappa shape index (κ3) is 2.23. The Kier molecular flexibility index (Phi) is 3.12. The molecule has 0 atom stereocenters. The van der Waals surface area contributed by atoms with Gasteiger partial charge < -0.3 is 4.74 Å². The highest BCUT2D eigenvalue weighted by atomic mass is 19.1. The van der Waals surface area contributed by atoms with Crippen LogP contribution in [-0.2, 0) is 0 Å². The summed E-state index contributed by atoms with van der Waals surface area (Å²) in [5.74, 6) is 1.01. The Bertz CT molecular complexity index is 707. The zero-order valence-corrected chi connectivity index (χ0v) is 10.7. The van der Waals surface area contributed by atoms with Crippen molar-refractivity contribution in [3.8, 4) is 22.8 Å². The molecular formula is C14H11FN4O. The second kappa shape index (κ2) is 5.08. The molecule has 0 bridgehead atoms. The Morgan fingerprint density at radius 2 is 1.70 bits per heavy atom. The summed E-state index contributed by atoms with van der Waals surface area (Å²) in [5, 5.41) is 11.6. The van der Waals surface area contributed by atoms with Crippen LogP contribution < -0.4 is 4.74 Å². The molecule has 0 N–H and O–H groups in total. The first-order valence-corrected chi connectivity index (χ1v) is 5.96. The van der Waals surface area contributed by atoms with Gasteiger partial charge in [0.25, 0.3) is 0 Å². The minimum absolute atomic E-state index is 0.294. The molecule has 0 saturated carbocycles. The summed E-state index contributed by atoms with van der Waals surface area (Å²) in [6, 6.07) is 13.4. The quantitative estimate of drug-likeness (QED) is 0.733. The fraction of sp³-hybridized carbons (Fsp3) is 0.0714. The van der Waals surface area contributed by atoms with Gasteiger partial charge >= 0.3 is 0 Å². The molecule has 0 unspecified atom stereocenters. The predicted octanol–water partition coefficient (Wildman–Crippen LogP) is 2.48. The van der Waals surface area contributed by atoms with Crippen LogP contribution in [0, 0.1) is 5.82 Å². The molecule has 0 aliphatic carbocycles. The summed E-state index contributed by atoms with van der Waals surface area (Å²) < 4.78 is 19.7. The number of rotatable bonds is 3. The molecule has 1 aromatic heterocycles. The van der Waals surface area contributed by atoms with Crippen LogP contribution in [0.4, 0.5) is 4.39 Å². The molecule has 5 nitrogen and oxygen atoms in total. The number of ether oxygens (including phenoxy) is 1. The Labute approximate surface area is 114 Å². The SMILES string of the molecule is COc1ccc(-n2nnnc2-c2ccc(F)cc2)cc1. The number of hydrogen-bond donors (Lipinski definition) is 0. The van der Waals surface area contributed by atoms with Crippen molar-refractivity contribution in [2.45, 2.75) is 0 Å². The molecule has 2 aromatic carbocycles. The fourth-order valence-corrected chi connectivity index (χ4v) is 1.86. The highest BCUT2D eigenvalue weighted by Gasteiger charge is 2.10. The van der Waals surface area contributed by atoms with Gasteiger partial charge in [0, 0.05) is 5.56 Å². The van der Waals surface area contributed by atoms with E-state index in [0.29, 0.717) is 5.82 Å². The smallest absolute Gasteiger partial charge is 0.187 e. The van der Waals surface area contributed by atoms with E-state index < -0.39 is 0 Å². The van der Waals surface area contributed by atoms with Gasteiger partial charge in [-0.25, -0.2) is 4.39 Å². The molecule has 6 heteroatoms. The number of halogens is 1. The second-order valence-electron chi connectivity index (χ2n) is 4.12. The average Bonchev–Trinajstić information content (AvgIpc) is 2.97. The van der Waals surface area contributed by atoms with E-state index >= 15 is 0 Å². The molecule has 0 spiro atoms. The summed E-state index contributed by atoms with van der Waals surface area (Å²) in [7, 11) is 1.61. The number of hydrogen-bond acceptors (Lipinski definition) is 4. The Morgan fingerprint density at radius 3 is 2.35 bits per heavy atom. The van der Waals surface area contributed by atoms with Crippen LogP contribution in [-0.4, -0.2) is 27.3 Å². The van der Waals surface area contributed by atoms with Gasteiger partial charge in [0.05, 0.1) is 12.8 Å². The monoisotopic (exact) mass is 270 g/mol. The first-order valence-electron chi connectivity index (χ1n) is 5.96. The largest absolute Gasteiger partial charge is 0.497 e. The van der Waals surface area contributed by atoms with Crippen LogP contribution in [0.15, 0.2) is 48.5 Å². The summed E-state index contributed by atoms with van der Waals surface area (Å²) in [4.78, 5) is 0. The average molecular weight is 270 g/mol. The topological polar surface area (TPSA) is 52.8 Å². The van der Waals surface area contributed by atoms with Gasteiger partial charge in [0.2, 0.25) is 0 Å². The Morgan fingerprint density at radius 1 is 1.00 bits per heavy atom. The van der Waals surface area contributed by atoms with Crippen molar-refractivity contribution in [2.75, 3.05) is 7.11 Å². The van der Waals surface area contributed by atoms with Crippen molar-refractivity contribution in [3.05, 3.63) is 54.3 Å². The third-order valence-corrected chi connectivity index (χ3v) is 2.89. The molecule has 1 heterocycles. The molecule has 0 fully saturated rings. The van der Waals surface area contributed by atoms with E-state index in [2.05, 4.69) is 15.5 Å². The molecule has 3 aromatic rings. The highest BCUT2D eigenvalue weighted by Crippen LogP contribution is 2.21. The molecule has 20 heavy (non-hydrogen) atoms. The van der Waals surface area contributed by atoms with Gasteiger partial charge in [0.1, 0.15) is 11.6 Å². The van der Waals surface area contributed by atoms with E-state index in [1.807, 2.05) is 24.3 Å². The summed E-state index contributed by atoms with van der Waals surface area (Å²) in [6.45, 7) is 0. The minimum Gasteiger partial charge on any atom is -0.497 e. The van der Waals surface area contributed by atoms with Gasteiger partial charge in [0.15, 0.2) is 5.82 Å². The molecule has 0 aliphatic rings. The summed E-state index contributed by atoms with van der Waals surface area (Å²) in [6.07, 6.45) is 0. The summed E-state index contributed by atoms with van der Waals surface area (Å²) in [5.41, 5.74) is 1.54. The zero-order chi connectivity index (χ0) is 13.9. The van der Waals surface area contributed by atoms with Crippen molar-refractivity contribution in [1.82, 2.24) is 20.2 Å². The fourth-order valence-electron chi connectivity index (χ4n) is 1.86. The maximum atomic E-state index is 13.0. The molecule has 0 radical (unpaired) electrons. The van der Waals surface area contributed by atoms with Crippen LogP contribution >= 0.6 is 0 Å². The lowest BCUT2D eigenvalue weighted by Crippen LogP contribution is -1.99. The first-order chi connectivity index (χ1) is 9.78. The van der Waals surface area contributed by atoms with E-state index in [1.54, 1.807) is 23.9 Å². The van der Waals surface area contributed by atoms with Crippen LogP contribution in [0.2, 0.25) is 0 Å². The number of aromatic nitrogens is 4. The Balaban J connectivity index is 2.02. The van der Waals surface area contributed by atoms with E-state index in [4.69, 9.17) is 4.74 Å². The molecule has 100 valence electrons. The molecule has 0 amide bonds. The van der Waals surface area contributed by atoms with Crippen LogP contribution in [0.1, 0.15) is 0 Å². The van der Waals surface area contributed by atoms with Crippen molar-refractivity contribution in [2.24, 2.45) is 0 Å². The van der Waals surface area contributed by atoms with Crippen molar-refractivity contribution >= 4 is 0 Å². The maximum Gasteiger partial charge on any atom is 0.187 e. The standard InChI is InChI=1S/C14H11FN4O/c1-20-13-8-6-12(7-9-13)19-14(16-17-18-19)10-2-4-11(15)5-3-10/h2-9H,1H3. The normalized spacial score (nSPS) is 10.5. The van der Waals surface area contributed by atoms with Crippen molar-refractivity contribution in [3.63, 3.8) is 0 Å². The van der Waals surface area contributed by atoms with Crippen molar-refractivity contribution < 1.29 is 9.13 Å². The molecule has 3 rings (SSSR count). The molecular weight excluding hydrogens is 259 g/mol. The Hall–Kier alpha value is -2.76. The second-order valence-corrected chi connectivity index (χ2v) is 4.12. The van der Waals surface area contributed by atoms with Gasteiger partial charge in [-0.15, -0.1) is 5.10 Å². The van der Waals surface area contributed by atoms with Crippen molar-refractivity contribution in [1.29, 1.82) is 0 Å². The number of tetrazole rings is 1. The number of methoxy groups -OCH3 is 1. The highest BCUT2D eigenvalue weighted by molar-refractivity contribution is 5.57. The summed E-state index contributed by atoms with van der Waals surface area (Å²) >= 11 is 0. The number of benzene rings is 2. The van der Waals surface area contributed by atoms with Gasteiger partial charge in [-0.1, -0.05) is 0 Å². The first kappa shape index (κ1) is 12.3. The van der Waals surface area contributed by atoms with Crippen LogP contribution in [0.25, 0.3) is 17.1 Å². The minimum atomic E-state index is -0.294. The van der Waals surface area contributed by atoms with Crippen LogP contribution in [0.5, 0.6) is 5.75 Å². The lowest BCUT2D eigenvalue weighted by molar-refractivity contribution is 0.414. The van der Waals surface area contributed by atoms with E-state index in [9.17, 15) is 4.39 Å². The van der Waals surface area contributed by atoms with Gasteiger partial charge in [-0.2, -0.15) is 4.68 Å². The molecule has 0 aliphatic heterocycles. The van der Waals surface area contributed by atoms with Gasteiger partial charge in [-0.3, -0.25) is 0 Å². The number of nitrogens with zero attached hydrogens (tertiary/aromatic N) is 4. The maximum absolute atomic E-state index is 13.0. The van der Waals surface area contributed by atoms with Gasteiger partial charge in [-0.05, 0) is 59.0 Å². The van der Waals surface area contributed by atoms with E-state index in [0.717, 1.165) is 17.0 Å². The third-order valence-electron chi connectivity index (χ3n) is 2.89. The predicted molar refractivity (Wildman–Crippen MR) is 71.1 cm³/mol. The van der Waals surface area contributed by atoms with E-state index in [1.165, 1.54) is 12.1 Å². The van der Waals surface area contributed by atoms with E-state index in [-0.39, 0.29) is 5.82 Å². The lowest BCUT2D eigenvalue weighted by Gasteiger charge is -2.05.